The first-order chi connectivity index (χ1) is 14.7. The van der Waals surface area contributed by atoms with E-state index in [-0.39, 0.29) is 11.3 Å². The van der Waals surface area contributed by atoms with Gasteiger partial charge in [-0.3, -0.25) is 9.69 Å². The zero-order chi connectivity index (χ0) is 20.6. The fourth-order valence-electron chi connectivity index (χ4n) is 5.37. The Bertz CT molecular complexity index is 829. The van der Waals surface area contributed by atoms with Crippen LogP contribution in [0.1, 0.15) is 24.0 Å². The highest BCUT2D eigenvalue weighted by Gasteiger charge is 2.47. The van der Waals surface area contributed by atoms with Crippen LogP contribution in [-0.2, 0) is 9.53 Å². The summed E-state index contributed by atoms with van der Waals surface area (Å²) in [6.45, 7) is 7.58. The van der Waals surface area contributed by atoms with Crippen LogP contribution in [-0.4, -0.2) is 73.7 Å². The quantitative estimate of drug-likeness (QED) is 0.848. The van der Waals surface area contributed by atoms with Crippen LogP contribution in [0.25, 0.3) is 0 Å². The summed E-state index contributed by atoms with van der Waals surface area (Å²) in [6, 6.07) is 22.4. The van der Waals surface area contributed by atoms with Gasteiger partial charge in [0.15, 0.2) is 0 Å². The van der Waals surface area contributed by atoms with Crippen molar-refractivity contribution < 1.29 is 9.53 Å². The Kier molecular flexibility index (Phi) is 5.35. The van der Waals surface area contributed by atoms with E-state index in [9.17, 15) is 4.79 Å². The van der Waals surface area contributed by atoms with Crippen molar-refractivity contribution >= 4 is 5.91 Å². The van der Waals surface area contributed by atoms with Crippen molar-refractivity contribution in [3.05, 3.63) is 71.8 Å². The van der Waals surface area contributed by atoms with E-state index in [1.54, 1.807) is 0 Å². The predicted octanol–water partition coefficient (Wildman–Crippen LogP) is 2.34. The van der Waals surface area contributed by atoms with Gasteiger partial charge in [0.25, 0.3) is 0 Å². The Labute approximate surface area is 179 Å². The highest BCUT2D eigenvalue weighted by atomic mass is 16.5. The van der Waals surface area contributed by atoms with Crippen LogP contribution in [0.2, 0.25) is 0 Å². The molecule has 0 bridgehead atoms. The second-order valence-corrected chi connectivity index (χ2v) is 9.22. The lowest BCUT2D eigenvalue weighted by Gasteiger charge is -2.52. The number of nitrogens with zero attached hydrogens (tertiary/aromatic N) is 2. The highest BCUT2D eigenvalue weighted by Crippen LogP contribution is 2.35. The Morgan fingerprint density at radius 2 is 1.63 bits per heavy atom. The van der Waals surface area contributed by atoms with Crippen LogP contribution >= 0.6 is 0 Å². The van der Waals surface area contributed by atoms with Crippen molar-refractivity contribution in [1.29, 1.82) is 0 Å². The molecule has 2 atom stereocenters. The van der Waals surface area contributed by atoms with E-state index in [0.717, 1.165) is 32.7 Å². The minimum absolute atomic E-state index is 0.262. The molecule has 2 aromatic rings. The van der Waals surface area contributed by atoms with Crippen LogP contribution < -0.4 is 5.32 Å². The highest BCUT2D eigenvalue weighted by molar-refractivity contribution is 5.83. The molecule has 158 valence electrons. The predicted molar refractivity (Wildman–Crippen MR) is 117 cm³/mol. The summed E-state index contributed by atoms with van der Waals surface area (Å²) in [5.74, 6) is 0.570. The van der Waals surface area contributed by atoms with Crippen molar-refractivity contribution in [2.45, 2.75) is 24.9 Å². The van der Waals surface area contributed by atoms with Crippen molar-refractivity contribution in [2.75, 3.05) is 45.9 Å². The third kappa shape index (κ3) is 3.55. The second kappa shape index (κ2) is 8.14. The van der Waals surface area contributed by atoms with Gasteiger partial charge in [0.05, 0.1) is 18.6 Å². The molecule has 0 aromatic heterocycles. The minimum atomic E-state index is -0.319. The summed E-state index contributed by atoms with van der Waals surface area (Å²) in [7, 11) is 0. The molecule has 0 spiro atoms. The maximum Gasteiger partial charge on any atom is 0.233 e. The number of nitrogens with one attached hydrogen (secondary N) is 1. The first-order valence-corrected chi connectivity index (χ1v) is 11.1. The number of ether oxygens (including phenoxy) is 1. The molecule has 0 radical (unpaired) electrons. The molecule has 3 aliphatic rings. The zero-order valence-electron chi connectivity index (χ0n) is 17.7. The Morgan fingerprint density at radius 1 is 1.00 bits per heavy atom. The number of carbonyl (C=O) groups is 1. The number of piperazine rings is 2. The van der Waals surface area contributed by atoms with Gasteiger partial charge < -0.3 is 15.0 Å². The fraction of sp³-hybridized carbons (Fsp3) is 0.480. The molecule has 5 heteroatoms. The van der Waals surface area contributed by atoms with E-state index in [1.165, 1.54) is 11.1 Å². The van der Waals surface area contributed by atoms with E-state index < -0.39 is 0 Å². The van der Waals surface area contributed by atoms with Crippen LogP contribution in [0.5, 0.6) is 0 Å². The van der Waals surface area contributed by atoms with E-state index in [4.69, 9.17) is 4.74 Å². The number of benzene rings is 2. The molecule has 5 rings (SSSR count). The van der Waals surface area contributed by atoms with Crippen molar-refractivity contribution in [3.63, 3.8) is 0 Å². The molecule has 1 amide bonds. The van der Waals surface area contributed by atoms with Crippen molar-refractivity contribution in [2.24, 2.45) is 5.41 Å². The average Bonchev–Trinajstić information content (AvgIpc) is 2.78. The van der Waals surface area contributed by atoms with E-state index in [1.807, 2.05) is 6.92 Å². The molecule has 0 saturated carbocycles. The minimum Gasteiger partial charge on any atom is -0.379 e. The molecule has 3 heterocycles. The third-order valence-corrected chi connectivity index (χ3v) is 7.03. The van der Waals surface area contributed by atoms with Gasteiger partial charge in [0.1, 0.15) is 0 Å². The SMILES string of the molecule is CC1(C(=O)N2CCN3C(CNCC3C(c3ccccc3)c3ccccc3)C2)COC1. The number of hydrogen-bond donors (Lipinski definition) is 1. The largest absolute Gasteiger partial charge is 0.379 e. The fourth-order valence-corrected chi connectivity index (χ4v) is 5.37. The van der Waals surface area contributed by atoms with Crippen molar-refractivity contribution in [3.8, 4) is 0 Å². The van der Waals surface area contributed by atoms with Crippen molar-refractivity contribution in [1.82, 2.24) is 15.1 Å². The van der Waals surface area contributed by atoms with E-state index in [2.05, 4.69) is 75.8 Å². The van der Waals surface area contributed by atoms with Gasteiger partial charge in [-0.15, -0.1) is 0 Å². The van der Waals surface area contributed by atoms with Gasteiger partial charge in [-0.2, -0.15) is 0 Å². The molecule has 3 fully saturated rings. The van der Waals surface area contributed by atoms with Gasteiger partial charge in [-0.25, -0.2) is 0 Å². The topological polar surface area (TPSA) is 44.8 Å². The molecule has 3 aliphatic heterocycles. The van der Waals surface area contributed by atoms with Gasteiger partial charge in [0, 0.05) is 50.7 Å². The Hall–Kier alpha value is -2.21. The van der Waals surface area contributed by atoms with Crippen LogP contribution in [0.3, 0.4) is 0 Å². The van der Waals surface area contributed by atoms with Crippen LogP contribution in [0.4, 0.5) is 0 Å². The lowest BCUT2D eigenvalue weighted by Crippen LogP contribution is -2.68. The number of rotatable bonds is 4. The molecular formula is C25H31N3O2. The van der Waals surface area contributed by atoms with Gasteiger partial charge in [-0.1, -0.05) is 60.7 Å². The summed E-state index contributed by atoms with van der Waals surface area (Å²) in [6.07, 6.45) is 0. The number of carbonyl (C=O) groups excluding carboxylic acids is 1. The third-order valence-electron chi connectivity index (χ3n) is 7.03. The number of amides is 1. The average molecular weight is 406 g/mol. The second-order valence-electron chi connectivity index (χ2n) is 9.22. The maximum absolute atomic E-state index is 13.0. The molecule has 1 N–H and O–H groups in total. The normalized spacial score (nSPS) is 26.1. The summed E-state index contributed by atoms with van der Waals surface area (Å²) in [5, 5.41) is 3.68. The summed E-state index contributed by atoms with van der Waals surface area (Å²) in [5.41, 5.74) is 2.39. The standard InChI is InChI=1S/C25H31N3O2/c1-25(17-30-18-25)24(29)27-12-13-28-21(16-27)14-26-15-22(28)23(19-8-4-2-5-9-19)20-10-6-3-7-11-20/h2-11,21-23,26H,12-18H2,1H3. The molecule has 0 aliphatic carbocycles. The lowest BCUT2D eigenvalue weighted by atomic mass is 9.82. The summed E-state index contributed by atoms with van der Waals surface area (Å²) in [4.78, 5) is 17.8. The molecule has 3 saturated heterocycles. The lowest BCUT2D eigenvalue weighted by molar-refractivity contribution is -0.172. The summed E-state index contributed by atoms with van der Waals surface area (Å²) < 4.78 is 5.33. The van der Waals surface area contributed by atoms with E-state index >= 15 is 0 Å². The zero-order valence-corrected chi connectivity index (χ0v) is 17.7. The van der Waals surface area contributed by atoms with E-state index in [0.29, 0.717) is 31.2 Å². The maximum atomic E-state index is 13.0. The Morgan fingerprint density at radius 3 is 2.20 bits per heavy atom. The molecular weight excluding hydrogens is 374 g/mol. The first kappa shape index (κ1) is 19.7. The van der Waals surface area contributed by atoms with Gasteiger partial charge in [-0.05, 0) is 18.1 Å². The van der Waals surface area contributed by atoms with Gasteiger partial charge in [0.2, 0.25) is 5.91 Å². The smallest absolute Gasteiger partial charge is 0.233 e. The number of fused-ring (bicyclic) bond motifs is 1. The van der Waals surface area contributed by atoms with Crippen LogP contribution in [0.15, 0.2) is 60.7 Å². The molecule has 2 aromatic carbocycles. The molecule has 30 heavy (non-hydrogen) atoms. The molecule has 2 unspecified atom stereocenters. The van der Waals surface area contributed by atoms with Crippen LogP contribution in [0, 0.1) is 5.41 Å². The first-order valence-electron chi connectivity index (χ1n) is 11.1. The Balaban J connectivity index is 1.40. The van der Waals surface area contributed by atoms with Gasteiger partial charge >= 0.3 is 0 Å². The number of hydrogen-bond acceptors (Lipinski definition) is 4. The molecule has 5 nitrogen and oxygen atoms in total. The summed E-state index contributed by atoms with van der Waals surface area (Å²) >= 11 is 0. The monoisotopic (exact) mass is 405 g/mol.